The van der Waals surface area contributed by atoms with Crippen molar-refractivity contribution >= 4 is 63.6 Å². The minimum Gasteiger partial charge on any atom is -0.456 e. The maximum absolute atomic E-state index is 12.4. The highest BCUT2D eigenvalue weighted by molar-refractivity contribution is 8.29. The Hall–Kier alpha value is -1.64. The molecule has 39 heavy (non-hydrogen) atoms. The quantitative estimate of drug-likeness (QED) is 0.165. The van der Waals surface area contributed by atoms with E-state index in [0.29, 0.717) is 5.75 Å². The van der Waals surface area contributed by atoms with Gasteiger partial charge in [-0.2, -0.15) is 11.8 Å². The van der Waals surface area contributed by atoms with Crippen LogP contribution in [0.15, 0.2) is 0 Å². The van der Waals surface area contributed by atoms with Gasteiger partial charge in [0.15, 0.2) is 18.3 Å². The zero-order chi connectivity index (χ0) is 29.8. The molecule has 0 spiro atoms. The second kappa shape index (κ2) is 17.2. The number of carbonyl (C=O) groups excluding carboxylic acids is 5. The van der Waals surface area contributed by atoms with E-state index < -0.39 is 70.1 Å². The third-order valence-electron chi connectivity index (χ3n) is 5.73. The van der Waals surface area contributed by atoms with Gasteiger partial charge in [-0.15, -0.1) is 11.8 Å². The zero-order valence-electron chi connectivity index (χ0n) is 24.0. The summed E-state index contributed by atoms with van der Waals surface area (Å²) in [4.78, 5) is 60.6. The molecule has 1 rings (SSSR count). The van der Waals surface area contributed by atoms with Crippen LogP contribution in [0.1, 0.15) is 53.9 Å². The molecule has 0 saturated carbocycles. The van der Waals surface area contributed by atoms with Crippen LogP contribution in [0.2, 0.25) is 0 Å². The van der Waals surface area contributed by atoms with Gasteiger partial charge in [-0.05, 0) is 37.4 Å². The van der Waals surface area contributed by atoms with Crippen LogP contribution >= 0.6 is 33.8 Å². The van der Waals surface area contributed by atoms with Gasteiger partial charge in [-0.1, -0.05) is 16.7 Å². The highest BCUT2D eigenvalue weighted by Gasteiger charge is 2.54. The Labute approximate surface area is 241 Å². The minimum atomic E-state index is -2.06. The van der Waals surface area contributed by atoms with Gasteiger partial charge in [0.05, 0.1) is 6.04 Å². The second-order valence-electron chi connectivity index (χ2n) is 9.42. The number of nitrogens with one attached hydrogen (secondary N) is 1. The number of ether oxygens (including phenoxy) is 4. The fraction of sp³-hybridized carbons (Fsp3) is 0.800. The van der Waals surface area contributed by atoms with Crippen LogP contribution in [0, 0.1) is 0 Å². The van der Waals surface area contributed by atoms with Crippen LogP contribution in [0.25, 0.3) is 0 Å². The van der Waals surface area contributed by atoms with E-state index in [9.17, 15) is 24.0 Å². The van der Waals surface area contributed by atoms with Crippen LogP contribution in [-0.4, -0.2) is 102 Å². The molecule has 11 nitrogen and oxygen atoms in total. The van der Waals surface area contributed by atoms with Gasteiger partial charge in [-0.25, -0.2) is 0 Å². The number of esters is 3. The van der Waals surface area contributed by atoms with E-state index in [2.05, 4.69) is 5.32 Å². The summed E-state index contributed by atoms with van der Waals surface area (Å²) < 4.78 is 28.8. The molecular weight excluding hydrogens is 570 g/mol. The third-order valence-corrected chi connectivity index (χ3v) is 10.1. The van der Waals surface area contributed by atoms with Crippen LogP contribution in [-0.2, 0) is 47.1 Å². The largest absolute Gasteiger partial charge is 0.456 e. The third kappa shape index (κ3) is 12.6. The highest BCUT2D eigenvalue weighted by Crippen LogP contribution is 2.48. The molecular formula is C25H43NO10S3. The number of hydrogen-bond acceptors (Lipinski definition) is 12. The van der Waals surface area contributed by atoms with Gasteiger partial charge in [0.2, 0.25) is 5.91 Å². The SMILES string of the molecule is CSCCCCCS(C)(C[C@H](NC(C)=O)[C@H]1O[C@H](SC)[C@H](OC(C)=O)[C@@H](OC(C)=O)[C@H]1OC(C)=O)OC(C)=O. The summed E-state index contributed by atoms with van der Waals surface area (Å²) in [6.45, 7) is 6.28. The number of unbranched alkanes of at least 4 members (excludes halogenated alkanes) is 2. The van der Waals surface area contributed by atoms with E-state index in [0.717, 1.165) is 25.0 Å². The van der Waals surface area contributed by atoms with E-state index in [1.54, 1.807) is 18.0 Å². The molecule has 1 aliphatic rings. The van der Waals surface area contributed by atoms with E-state index in [4.69, 9.17) is 23.1 Å². The van der Waals surface area contributed by atoms with Crippen molar-refractivity contribution in [2.75, 3.05) is 36.0 Å². The maximum Gasteiger partial charge on any atom is 0.313 e. The Morgan fingerprint density at radius 1 is 0.821 bits per heavy atom. The Kier molecular flexibility index (Phi) is 15.6. The molecule has 0 radical (unpaired) electrons. The molecule has 0 aliphatic carbocycles. The Bertz CT molecular complexity index is 860. The van der Waals surface area contributed by atoms with Gasteiger partial charge >= 0.3 is 23.9 Å². The number of carbonyl (C=O) groups is 5. The van der Waals surface area contributed by atoms with Gasteiger partial charge in [0, 0.05) is 46.1 Å². The van der Waals surface area contributed by atoms with E-state index >= 15 is 0 Å². The number of hydrogen-bond donors (Lipinski definition) is 1. The molecule has 1 unspecified atom stereocenters. The van der Waals surface area contributed by atoms with Crippen molar-refractivity contribution in [3.05, 3.63) is 0 Å². The molecule has 0 bridgehead atoms. The van der Waals surface area contributed by atoms with Gasteiger partial charge in [0.1, 0.15) is 11.5 Å². The van der Waals surface area contributed by atoms with Crippen LogP contribution in [0.3, 0.4) is 0 Å². The molecule has 0 aromatic heterocycles. The average molecular weight is 614 g/mol. The zero-order valence-corrected chi connectivity index (χ0v) is 26.5. The van der Waals surface area contributed by atoms with Gasteiger partial charge in [0.25, 0.3) is 0 Å². The van der Waals surface area contributed by atoms with Crippen LogP contribution < -0.4 is 5.32 Å². The van der Waals surface area contributed by atoms with Crippen molar-refractivity contribution in [2.24, 2.45) is 0 Å². The van der Waals surface area contributed by atoms with Crippen molar-refractivity contribution in [2.45, 2.75) is 89.8 Å². The first-order valence-electron chi connectivity index (χ1n) is 12.6. The fourth-order valence-electron chi connectivity index (χ4n) is 4.45. The molecule has 1 fully saturated rings. The van der Waals surface area contributed by atoms with Gasteiger partial charge < -0.3 is 28.4 Å². The van der Waals surface area contributed by atoms with Crippen LogP contribution in [0.4, 0.5) is 0 Å². The molecule has 1 N–H and O–H groups in total. The van der Waals surface area contributed by atoms with E-state index in [1.165, 1.54) is 46.4 Å². The predicted molar refractivity (Wildman–Crippen MR) is 154 cm³/mol. The Balaban J connectivity index is 3.50. The molecule has 1 amide bonds. The summed E-state index contributed by atoms with van der Waals surface area (Å²) in [5.74, 6) is -0.944. The number of rotatable bonds is 15. The molecule has 14 heteroatoms. The summed E-state index contributed by atoms with van der Waals surface area (Å²) in [5.41, 5.74) is -0.812. The predicted octanol–water partition coefficient (Wildman–Crippen LogP) is 2.82. The van der Waals surface area contributed by atoms with Crippen LogP contribution in [0.5, 0.6) is 0 Å². The second-order valence-corrected chi connectivity index (χ2v) is 14.6. The normalized spacial score (nSPS) is 25.8. The Morgan fingerprint density at radius 2 is 1.38 bits per heavy atom. The molecule has 1 saturated heterocycles. The monoisotopic (exact) mass is 613 g/mol. The molecule has 226 valence electrons. The van der Waals surface area contributed by atoms with Crippen molar-refractivity contribution in [1.29, 1.82) is 0 Å². The molecule has 7 atom stereocenters. The van der Waals surface area contributed by atoms with Crippen molar-refractivity contribution in [1.82, 2.24) is 5.32 Å². The minimum absolute atomic E-state index is 0.212. The van der Waals surface area contributed by atoms with E-state index in [-0.39, 0.29) is 11.7 Å². The highest BCUT2D eigenvalue weighted by atomic mass is 32.3. The van der Waals surface area contributed by atoms with Crippen molar-refractivity contribution in [3.63, 3.8) is 0 Å². The first-order chi connectivity index (χ1) is 18.2. The Morgan fingerprint density at radius 3 is 1.87 bits per heavy atom. The summed E-state index contributed by atoms with van der Waals surface area (Å²) in [7, 11) is -2.06. The smallest absolute Gasteiger partial charge is 0.313 e. The number of amides is 1. The molecule has 1 aliphatic heterocycles. The van der Waals surface area contributed by atoms with Crippen molar-refractivity contribution < 1.29 is 47.1 Å². The number of thioether (sulfide) groups is 2. The summed E-state index contributed by atoms with van der Waals surface area (Å²) in [6, 6.07) is -0.789. The van der Waals surface area contributed by atoms with Gasteiger partial charge in [-0.3, -0.25) is 24.0 Å². The topological polar surface area (TPSA) is 144 Å². The lowest BCUT2D eigenvalue weighted by Crippen LogP contribution is -2.66. The molecule has 0 aromatic rings. The summed E-state index contributed by atoms with van der Waals surface area (Å²) in [5, 5.41) is 2.88. The standard InChI is InChI=1S/C25H43NO10S3/c1-15(27)26-20(14-39(8,36-19(5)31)13-11-9-10-12-37-6)21-22(32-16(2)28)23(33-17(3)29)24(34-18(4)30)25(35-21)38-7/h20-25H,9-14H2,1-8H3,(H,26,27)/t20-,21+,22-,23-,24+,25+/m0/s1. The first-order valence-corrected chi connectivity index (χ1v) is 17.6. The first kappa shape index (κ1) is 35.4. The lowest BCUT2D eigenvalue weighted by Gasteiger charge is -2.48. The molecule has 1 heterocycles. The summed E-state index contributed by atoms with van der Waals surface area (Å²) >= 11 is 2.98. The lowest BCUT2D eigenvalue weighted by molar-refractivity contribution is -0.234. The summed E-state index contributed by atoms with van der Waals surface area (Å²) in [6.07, 6.45) is 3.94. The fourth-order valence-corrected chi connectivity index (χ4v) is 8.39. The lowest BCUT2D eigenvalue weighted by atomic mass is 9.94. The average Bonchev–Trinajstić information content (AvgIpc) is 2.79. The van der Waals surface area contributed by atoms with Crippen molar-refractivity contribution in [3.8, 4) is 0 Å². The molecule has 0 aromatic carbocycles. The van der Waals surface area contributed by atoms with E-state index in [1.807, 2.05) is 12.5 Å². The maximum atomic E-state index is 12.4.